The molecule has 0 saturated carbocycles. The summed E-state index contributed by atoms with van der Waals surface area (Å²) in [5, 5.41) is 8.93. The zero-order chi connectivity index (χ0) is 12.3. The molecule has 0 spiro atoms. The second-order valence-electron chi connectivity index (χ2n) is 3.47. The molecule has 0 amide bonds. The van der Waals surface area contributed by atoms with E-state index in [0.29, 0.717) is 10.6 Å². The van der Waals surface area contributed by atoms with Crippen LogP contribution in [0.3, 0.4) is 0 Å². The first kappa shape index (κ1) is 12.1. The molecule has 0 aliphatic carbocycles. The highest BCUT2D eigenvalue weighted by Crippen LogP contribution is 2.29. The summed E-state index contributed by atoms with van der Waals surface area (Å²) >= 11 is 2.81. The minimum atomic E-state index is -0.897. The lowest BCUT2D eigenvalue weighted by atomic mass is 10.2. The predicted molar refractivity (Wildman–Crippen MR) is 69.8 cm³/mol. The smallest absolute Gasteiger partial charge is 0.347 e. The molecule has 17 heavy (non-hydrogen) atoms. The number of benzene rings is 1. The Balaban J connectivity index is 2.05. The molecule has 0 fully saturated rings. The lowest BCUT2D eigenvalue weighted by Gasteiger charge is -1.97. The van der Waals surface area contributed by atoms with Gasteiger partial charge in [0.1, 0.15) is 4.88 Å². The number of thioether (sulfide) groups is 1. The second kappa shape index (κ2) is 5.33. The van der Waals surface area contributed by atoms with Crippen molar-refractivity contribution in [1.29, 1.82) is 0 Å². The van der Waals surface area contributed by atoms with Crippen molar-refractivity contribution in [2.45, 2.75) is 17.0 Å². The third-order valence-electron chi connectivity index (χ3n) is 2.18. The Morgan fingerprint density at radius 2 is 2.12 bits per heavy atom. The Morgan fingerprint density at radius 1 is 1.41 bits per heavy atom. The SMILES string of the molecule is Cc1nc(SCc2ccccc2)sc1C(=O)O. The van der Waals surface area contributed by atoms with Crippen molar-refractivity contribution in [3.63, 3.8) is 0 Å². The highest BCUT2D eigenvalue weighted by atomic mass is 32.2. The normalized spacial score (nSPS) is 10.4. The number of hydrogen-bond acceptors (Lipinski definition) is 4. The molecule has 2 aromatic rings. The Bertz CT molecular complexity index is 523. The lowest BCUT2D eigenvalue weighted by molar-refractivity contribution is 0.0701. The fourth-order valence-corrected chi connectivity index (χ4v) is 3.34. The standard InChI is InChI=1S/C12H11NO2S2/c1-8-10(11(14)15)17-12(13-8)16-7-9-5-3-2-4-6-9/h2-6H,7H2,1H3,(H,14,15). The largest absolute Gasteiger partial charge is 0.477 e. The minimum Gasteiger partial charge on any atom is -0.477 e. The van der Waals surface area contributed by atoms with Crippen molar-refractivity contribution in [2.75, 3.05) is 0 Å². The number of aryl methyl sites for hydroxylation is 1. The number of carboxylic acids is 1. The van der Waals surface area contributed by atoms with Gasteiger partial charge in [-0.3, -0.25) is 0 Å². The molecule has 0 radical (unpaired) electrons. The van der Waals surface area contributed by atoms with E-state index < -0.39 is 5.97 Å². The van der Waals surface area contributed by atoms with E-state index in [-0.39, 0.29) is 0 Å². The molecule has 1 N–H and O–H groups in total. The topological polar surface area (TPSA) is 50.2 Å². The number of rotatable bonds is 4. The molecule has 0 aliphatic rings. The summed E-state index contributed by atoms with van der Waals surface area (Å²) in [6.45, 7) is 1.73. The molecule has 88 valence electrons. The van der Waals surface area contributed by atoms with Gasteiger partial charge in [0, 0.05) is 5.75 Å². The number of aromatic nitrogens is 1. The van der Waals surface area contributed by atoms with Gasteiger partial charge >= 0.3 is 5.97 Å². The second-order valence-corrected chi connectivity index (χ2v) is 5.70. The van der Waals surface area contributed by atoms with E-state index in [1.165, 1.54) is 16.9 Å². The average Bonchev–Trinajstić information content (AvgIpc) is 2.69. The van der Waals surface area contributed by atoms with Gasteiger partial charge in [-0.15, -0.1) is 11.3 Å². The van der Waals surface area contributed by atoms with Crippen LogP contribution in [0.2, 0.25) is 0 Å². The van der Waals surface area contributed by atoms with Crippen LogP contribution < -0.4 is 0 Å². The highest BCUT2D eigenvalue weighted by Gasteiger charge is 2.13. The molecule has 0 unspecified atom stereocenters. The van der Waals surface area contributed by atoms with Crippen LogP contribution in [0.1, 0.15) is 20.9 Å². The number of hydrogen-bond donors (Lipinski definition) is 1. The van der Waals surface area contributed by atoms with Crippen LogP contribution in [0.25, 0.3) is 0 Å². The van der Waals surface area contributed by atoms with Crippen LogP contribution in [0, 0.1) is 6.92 Å². The molecular weight excluding hydrogens is 254 g/mol. The molecule has 2 rings (SSSR count). The molecule has 1 aromatic heterocycles. The van der Waals surface area contributed by atoms with Gasteiger partial charge in [-0.2, -0.15) is 0 Å². The molecule has 5 heteroatoms. The summed E-state index contributed by atoms with van der Waals surface area (Å²) in [5.41, 5.74) is 1.81. The highest BCUT2D eigenvalue weighted by molar-refractivity contribution is 8.00. The Hall–Kier alpha value is -1.33. The van der Waals surface area contributed by atoms with Gasteiger partial charge in [0.25, 0.3) is 0 Å². The van der Waals surface area contributed by atoms with Gasteiger partial charge in [-0.05, 0) is 12.5 Å². The van der Waals surface area contributed by atoms with E-state index in [0.717, 1.165) is 10.1 Å². The predicted octanol–water partition coefficient (Wildman–Crippen LogP) is 3.44. The Kier molecular flexibility index (Phi) is 3.81. The van der Waals surface area contributed by atoms with Crippen molar-refractivity contribution in [3.8, 4) is 0 Å². The number of carboxylic acid groups (broad SMARTS) is 1. The summed E-state index contributed by atoms with van der Waals surface area (Å²) in [6.07, 6.45) is 0. The van der Waals surface area contributed by atoms with Crippen LogP contribution in [0.4, 0.5) is 0 Å². The van der Waals surface area contributed by atoms with E-state index in [2.05, 4.69) is 4.98 Å². The van der Waals surface area contributed by atoms with Gasteiger partial charge < -0.3 is 5.11 Å². The quantitative estimate of drug-likeness (QED) is 0.860. The third kappa shape index (κ3) is 3.08. The van der Waals surface area contributed by atoms with Crippen LogP contribution in [0.15, 0.2) is 34.7 Å². The lowest BCUT2D eigenvalue weighted by Crippen LogP contribution is -1.94. The minimum absolute atomic E-state index is 0.334. The van der Waals surface area contributed by atoms with Crippen LogP contribution in [0.5, 0.6) is 0 Å². The molecule has 0 atom stereocenters. The molecule has 3 nitrogen and oxygen atoms in total. The first-order chi connectivity index (χ1) is 8.16. The first-order valence-corrected chi connectivity index (χ1v) is 6.84. The van der Waals surface area contributed by atoms with Gasteiger partial charge in [0.05, 0.1) is 5.69 Å². The maximum absolute atomic E-state index is 10.9. The fourth-order valence-electron chi connectivity index (χ4n) is 1.35. The maximum atomic E-state index is 10.9. The van der Waals surface area contributed by atoms with Crippen molar-refractivity contribution < 1.29 is 9.90 Å². The number of thiazole rings is 1. The van der Waals surface area contributed by atoms with Crippen LogP contribution in [-0.4, -0.2) is 16.1 Å². The number of aromatic carboxylic acids is 1. The number of nitrogens with zero attached hydrogens (tertiary/aromatic N) is 1. The summed E-state index contributed by atoms with van der Waals surface area (Å²) in [4.78, 5) is 15.5. The van der Waals surface area contributed by atoms with Crippen LogP contribution in [-0.2, 0) is 5.75 Å². The van der Waals surface area contributed by atoms with Crippen molar-refractivity contribution >= 4 is 29.1 Å². The van der Waals surface area contributed by atoms with Crippen molar-refractivity contribution in [2.24, 2.45) is 0 Å². The molecule has 0 aliphatic heterocycles. The van der Waals surface area contributed by atoms with Gasteiger partial charge in [0.15, 0.2) is 4.34 Å². The van der Waals surface area contributed by atoms with E-state index >= 15 is 0 Å². The molecule has 1 aromatic carbocycles. The van der Waals surface area contributed by atoms with Crippen molar-refractivity contribution in [1.82, 2.24) is 4.98 Å². The van der Waals surface area contributed by atoms with Gasteiger partial charge in [-0.25, -0.2) is 9.78 Å². The average molecular weight is 265 g/mol. The Morgan fingerprint density at radius 3 is 2.71 bits per heavy atom. The van der Waals surface area contributed by atoms with Crippen molar-refractivity contribution in [3.05, 3.63) is 46.5 Å². The molecule has 0 bridgehead atoms. The molecule has 0 saturated heterocycles. The summed E-state index contributed by atoms with van der Waals surface area (Å²) < 4.78 is 0.809. The zero-order valence-electron chi connectivity index (χ0n) is 9.21. The number of carbonyl (C=O) groups is 1. The summed E-state index contributed by atoms with van der Waals surface area (Å²) in [6, 6.07) is 10.1. The van der Waals surface area contributed by atoms with E-state index in [4.69, 9.17) is 5.11 Å². The third-order valence-corrected chi connectivity index (χ3v) is 4.54. The fraction of sp³-hybridized carbons (Fsp3) is 0.167. The monoisotopic (exact) mass is 265 g/mol. The summed E-state index contributed by atoms with van der Waals surface area (Å²) in [7, 11) is 0. The summed E-state index contributed by atoms with van der Waals surface area (Å²) in [5.74, 6) is -0.0843. The van der Waals surface area contributed by atoms with Crippen LogP contribution >= 0.6 is 23.1 Å². The Labute approximate surface area is 108 Å². The van der Waals surface area contributed by atoms with E-state index in [1.54, 1.807) is 18.7 Å². The van der Waals surface area contributed by atoms with Gasteiger partial charge in [-0.1, -0.05) is 42.1 Å². The zero-order valence-corrected chi connectivity index (χ0v) is 10.8. The van der Waals surface area contributed by atoms with E-state index in [1.807, 2.05) is 30.3 Å². The maximum Gasteiger partial charge on any atom is 0.347 e. The molecule has 1 heterocycles. The van der Waals surface area contributed by atoms with Gasteiger partial charge in [0.2, 0.25) is 0 Å². The molecular formula is C12H11NO2S2. The van der Waals surface area contributed by atoms with E-state index in [9.17, 15) is 4.79 Å². The first-order valence-electron chi connectivity index (χ1n) is 5.04.